The van der Waals surface area contributed by atoms with Gasteiger partial charge in [0.15, 0.2) is 5.65 Å². The molecule has 0 saturated carbocycles. The second-order valence-corrected chi connectivity index (χ2v) is 6.93. The fourth-order valence-electron chi connectivity index (χ4n) is 3.20. The van der Waals surface area contributed by atoms with E-state index in [4.69, 9.17) is 0 Å². The van der Waals surface area contributed by atoms with E-state index in [1.807, 2.05) is 6.07 Å². The lowest BCUT2D eigenvalue weighted by molar-refractivity contribution is -0.137. The van der Waals surface area contributed by atoms with Gasteiger partial charge in [0.25, 0.3) is 11.8 Å². The first kappa shape index (κ1) is 19.1. The first-order valence-electron chi connectivity index (χ1n) is 9.06. The van der Waals surface area contributed by atoms with Crippen LogP contribution >= 0.6 is 0 Å². The smallest absolute Gasteiger partial charge is 0.274 e. The molecule has 0 aliphatic carbocycles. The zero-order chi connectivity index (χ0) is 21.3. The van der Waals surface area contributed by atoms with Gasteiger partial charge in [-0.05, 0) is 30.3 Å². The van der Waals surface area contributed by atoms with Crippen molar-refractivity contribution in [2.24, 2.45) is 0 Å². The molecule has 0 bridgehead atoms. The van der Waals surface area contributed by atoms with E-state index >= 15 is 0 Å². The van der Waals surface area contributed by atoms with Crippen LogP contribution in [0.3, 0.4) is 0 Å². The van der Waals surface area contributed by atoms with Crippen LogP contribution in [0.2, 0.25) is 0 Å². The molecule has 3 heterocycles. The van der Waals surface area contributed by atoms with E-state index < -0.39 is 17.4 Å². The first-order chi connectivity index (χ1) is 14.4. The summed E-state index contributed by atoms with van der Waals surface area (Å²) in [5, 5.41) is 29.7. The highest BCUT2D eigenvalue weighted by atomic mass is 16.3. The number of hydrogen-bond acceptors (Lipinski definition) is 6. The number of aromatic nitrogens is 3. The Labute approximate surface area is 171 Å². The predicted molar refractivity (Wildman–Crippen MR) is 107 cm³/mol. The number of anilines is 1. The van der Waals surface area contributed by atoms with E-state index in [9.17, 15) is 20.0 Å². The van der Waals surface area contributed by atoms with Gasteiger partial charge >= 0.3 is 0 Å². The third-order valence-electron chi connectivity index (χ3n) is 4.80. The molecule has 1 atom stereocenters. The normalized spacial score (nSPS) is 18.0. The lowest BCUT2D eigenvalue weighted by Crippen LogP contribution is -2.37. The van der Waals surface area contributed by atoms with E-state index in [2.05, 4.69) is 32.3 Å². The molecule has 1 aliphatic rings. The zero-order valence-electron chi connectivity index (χ0n) is 15.9. The van der Waals surface area contributed by atoms with E-state index in [1.165, 1.54) is 17.0 Å². The molecule has 0 spiro atoms. The summed E-state index contributed by atoms with van der Waals surface area (Å²) >= 11 is 0. The van der Waals surface area contributed by atoms with Gasteiger partial charge in [-0.25, -0.2) is 4.98 Å². The number of benzene rings is 1. The summed E-state index contributed by atoms with van der Waals surface area (Å²) in [6.45, 7) is 0.413. The van der Waals surface area contributed by atoms with Gasteiger partial charge in [0.05, 0.1) is 17.0 Å². The molecule has 30 heavy (non-hydrogen) atoms. The molecule has 1 aliphatic heterocycles. The zero-order valence-corrected chi connectivity index (χ0v) is 15.9. The number of likely N-dealkylation sites (tertiary alicyclic amines) is 1. The number of pyridine rings is 1. The number of nitrogens with zero attached hydrogens (tertiary/aromatic N) is 4. The van der Waals surface area contributed by atoms with Crippen LogP contribution in [0.25, 0.3) is 11.0 Å². The first-order valence-corrected chi connectivity index (χ1v) is 9.06. The fourth-order valence-corrected chi connectivity index (χ4v) is 3.20. The van der Waals surface area contributed by atoms with E-state index in [0.29, 0.717) is 28.8 Å². The molecule has 4 rings (SSSR count). The van der Waals surface area contributed by atoms with Gasteiger partial charge in [-0.2, -0.15) is 10.4 Å². The molecule has 9 heteroatoms. The van der Waals surface area contributed by atoms with Crippen molar-refractivity contribution in [3.8, 4) is 17.9 Å². The molecular formula is C21H16N6O3. The van der Waals surface area contributed by atoms with Gasteiger partial charge < -0.3 is 15.3 Å². The largest absolute Gasteiger partial charge is 0.369 e. The summed E-state index contributed by atoms with van der Waals surface area (Å²) in [4.78, 5) is 30.2. The Hall–Kier alpha value is -4.21. The number of amides is 2. The fraction of sp³-hybridized carbons (Fsp3) is 0.190. The highest BCUT2D eigenvalue weighted by Crippen LogP contribution is 2.22. The maximum atomic E-state index is 12.7. The maximum Gasteiger partial charge on any atom is 0.274 e. The van der Waals surface area contributed by atoms with Gasteiger partial charge in [0.1, 0.15) is 5.69 Å². The van der Waals surface area contributed by atoms with Crippen molar-refractivity contribution in [3.63, 3.8) is 0 Å². The third-order valence-corrected chi connectivity index (χ3v) is 4.80. The van der Waals surface area contributed by atoms with Crippen LogP contribution in [0.5, 0.6) is 0 Å². The second kappa shape index (κ2) is 7.32. The third kappa shape index (κ3) is 3.46. The summed E-state index contributed by atoms with van der Waals surface area (Å²) in [6.07, 6.45) is 1.78. The van der Waals surface area contributed by atoms with Gasteiger partial charge in [0.2, 0.25) is 5.60 Å². The van der Waals surface area contributed by atoms with E-state index in [0.717, 1.165) is 0 Å². The monoisotopic (exact) mass is 400 g/mol. The molecule has 1 saturated heterocycles. The summed E-state index contributed by atoms with van der Waals surface area (Å²) in [5.41, 5.74) is -0.0903. The molecular weight excluding hydrogens is 384 g/mol. The minimum Gasteiger partial charge on any atom is -0.369 e. The molecule has 3 aromatic rings. The molecule has 1 aromatic carbocycles. The van der Waals surface area contributed by atoms with Crippen molar-refractivity contribution in [1.82, 2.24) is 20.1 Å². The lowest BCUT2D eigenvalue weighted by atomic mass is 10.0. The number of aliphatic hydroxyl groups is 1. The molecule has 148 valence electrons. The molecule has 2 amide bonds. The Kier molecular flexibility index (Phi) is 4.66. The van der Waals surface area contributed by atoms with Crippen molar-refractivity contribution in [3.05, 3.63) is 53.3 Å². The number of carbonyl (C=O) groups is 2. The number of nitrogens with one attached hydrogen (secondary N) is 2. The number of H-pyrrole nitrogens is 1. The number of fused-ring (bicyclic) bond motifs is 1. The van der Waals surface area contributed by atoms with Crippen LogP contribution in [-0.2, 0) is 4.79 Å². The summed E-state index contributed by atoms with van der Waals surface area (Å²) in [7, 11) is 1.60. The van der Waals surface area contributed by atoms with Crippen LogP contribution in [0.15, 0.2) is 36.5 Å². The summed E-state index contributed by atoms with van der Waals surface area (Å²) in [5.74, 6) is 4.44. The number of nitriles is 1. The van der Waals surface area contributed by atoms with Crippen molar-refractivity contribution in [2.45, 2.75) is 12.0 Å². The quantitative estimate of drug-likeness (QED) is 0.550. The molecule has 1 fully saturated rings. The number of likely N-dealkylation sites (N-methyl/N-ethyl adjacent to an activating group) is 1. The van der Waals surface area contributed by atoms with Gasteiger partial charge in [0, 0.05) is 37.5 Å². The van der Waals surface area contributed by atoms with Crippen molar-refractivity contribution < 1.29 is 14.7 Å². The van der Waals surface area contributed by atoms with Crippen LogP contribution < -0.4 is 5.32 Å². The van der Waals surface area contributed by atoms with Crippen molar-refractivity contribution >= 4 is 28.5 Å². The minimum absolute atomic E-state index is 0.206. The number of carbonyl (C=O) groups excluding carboxylic acids is 2. The van der Waals surface area contributed by atoms with Crippen molar-refractivity contribution in [2.75, 3.05) is 18.9 Å². The molecule has 0 unspecified atom stereocenters. The van der Waals surface area contributed by atoms with E-state index in [1.54, 1.807) is 31.4 Å². The molecule has 0 radical (unpaired) electrons. The summed E-state index contributed by atoms with van der Waals surface area (Å²) in [6, 6.07) is 10.0. The van der Waals surface area contributed by atoms with Crippen LogP contribution in [0.4, 0.5) is 5.69 Å². The highest BCUT2D eigenvalue weighted by molar-refractivity contribution is 6.10. The van der Waals surface area contributed by atoms with Crippen molar-refractivity contribution in [1.29, 1.82) is 5.26 Å². The molecule has 2 aromatic heterocycles. The Bertz CT molecular complexity index is 1280. The number of rotatable bonds is 2. The Morgan fingerprint density at radius 2 is 2.17 bits per heavy atom. The molecule has 3 N–H and O–H groups in total. The Balaban J connectivity index is 1.63. The lowest BCUT2D eigenvalue weighted by Gasteiger charge is -2.13. The standard InChI is InChI=1S/C21H16N6O3/c1-27-8-6-21(30,20(27)29)5-4-13-9-14(12-22)11-15(10-13)24-19(28)17-16-3-2-7-23-18(16)26-25-17/h2-3,7,9-11,30H,6,8H2,1H3,(H,24,28)(H,23,25,26)/t21-/m0/s1. The van der Waals surface area contributed by atoms with Gasteiger partial charge in [-0.1, -0.05) is 11.8 Å². The highest BCUT2D eigenvalue weighted by Gasteiger charge is 2.42. The average Bonchev–Trinajstić information content (AvgIpc) is 3.29. The number of aromatic amines is 1. The Morgan fingerprint density at radius 3 is 2.90 bits per heavy atom. The maximum absolute atomic E-state index is 12.7. The predicted octanol–water partition coefficient (Wildman–Crippen LogP) is 1.03. The van der Waals surface area contributed by atoms with Crippen LogP contribution in [-0.4, -0.2) is 56.2 Å². The minimum atomic E-state index is -1.75. The topological polar surface area (TPSA) is 135 Å². The van der Waals surface area contributed by atoms with E-state index in [-0.39, 0.29) is 17.7 Å². The van der Waals surface area contributed by atoms with Crippen LogP contribution in [0, 0.1) is 23.2 Å². The van der Waals surface area contributed by atoms with Gasteiger partial charge in [-0.15, -0.1) is 0 Å². The second-order valence-electron chi connectivity index (χ2n) is 6.93. The Morgan fingerprint density at radius 1 is 1.37 bits per heavy atom. The number of hydrogen-bond donors (Lipinski definition) is 3. The van der Waals surface area contributed by atoms with Crippen LogP contribution in [0.1, 0.15) is 28.0 Å². The van der Waals surface area contributed by atoms with Gasteiger partial charge in [-0.3, -0.25) is 14.7 Å². The molecule has 9 nitrogen and oxygen atoms in total. The summed E-state index contributed by atoms with van der Waals surface area (Å²) < 4.78 is 0. The SMILES string of the molecule is CN1CC[C@@](O)(C#Cc2cc(C#N)cc(NC(=O)c3[nH]nc4ncccc34)c2)C1=O. The average molecular weight is 400 g/mol.